The molecule has 1 aromatic rings. The SMILES string of the molecule is Fc1c(F)c(I)c(F)c(F)c1Cl. The van der Waals surface area contributed by atoms with E-state index in [1.54, 1.807) is 0 Å². The van der Waals surface area contributed by atoms with Crippen LogP contribution < -0.4 is 0 Å². The van der Waals surface area contributed by atoms with E-state index in [4.69, 9.17) is 11.6 Å². The quantitative estimate of drug-likeness (QED) is 0.298. The van der Waals surface area contributed by atoms with E-state index in [0.29, 0.717) is 0 Å². The number of benzene rings is 1. The van der Waals surface area contributed by atoms with Gasteiger partial charge in [0.25, 0.3) is 0 Å². The topological polar surface area (TPSA) is 0 Å². The van der Waals surface area contributed by atoms with Gasteiger partial charge in [-0.15, -0.1) is 0 Å². The van der Waals surface area contributed by atoms with Crippen LogP contribution in [0.2, 0.25) is 5.02 Å². The molecule has 1 rings (SSSR count). The Bertz CT molecular complexity index is 234. The Hall–Kier alpha value is -0.0400. The summed E-state index contributed by atoms with van der Waals surface area (Å²) in [6.45, 7) is 0. The Balaban J connectivity index is 3.60. The summed E-state index contributed by atoms with van der Waals surface area (Å²) in [7, 11) is 0. The summed E-state index contributed by atoms with van der Waals surface area (Å²) in [5.41, 5.74) is 0. The maximum Gasteiger partial charge on any atom is 0.181 e. The van der Waals surface area contributed by atoms with E-state index in [1.165, 1.54) is 0 Å². The van der Waals surface area contributed by atoms with Crippen molar-refractivity contribution in [3.8, 4) is 0 Å². The fourth-order valence-electron chi connectivity index (χ4n) is 0.578. The first kappa shape index (κ1) is 10.0. The highest BCUT2D eigenvalue weighted by atomic mass is 127. The molecule has 0 saturated heterocycles. The van der Waals surface area contributed by atoms with E-state index in [9.17, 15) is 17.6 Å². The molecule has 12 heavy (non-hydrogen) atoms. The molecule has 0 amide bonds. The molecule has 0 fully saturated rings. The lowest BCUT2D eigenvalue weighted by molar-refractivity contribution is 0.446. The summed E-state index contributed by atoms with van der Waals surface area (Å²) >= 11 is 6.08. The van der Waals surface area contributed by atoms with Crippen molar-refractivity contribution < 1.29 is 17.6 Å². The fraction of sp³-hybridized carbons (Fsp3) is 0. The molecule has 0 nitrogen and oxygen atoms in total. The van der Waals surface area contributed by atoms with Crippen LogP contribution in [-0.2, 0) is 0 Å². The second-order valence-corrected chi connectivity index (χ2v) is 3.34. The molecule has 1 aromatic carbocycles. The van der Waals surface area contributed by atoms with Gasteiger partial charge in [-0.25, -0.2) is 17.6 Å². The van der Waals surface area contributed by atoms with Gasteiger partial charge in [-0.05, 0) is 22.6 Å². The van der Waals surface area contributed by atoms with Crippen LogP contribution in [0, 0.1) is 26.8 Å². The van der Waals surface area contributed by atoms with Gasteiger partial charge in [0.05, 0.1) is 3.57 Å². The minimum absolute atomic E-state index is 0.744. The summed E-state index contributed by atoms with van der Waals surface area (Å²) in [6, 6.07) is 0. The van der Waals surface area contributed by atoms with Crippen molar-refractivity contribution in [1.82, 2.24) is 0 Å². The summed E-state index contributed by atoms with van der Waals surface area (Å²) < 4.78 is 49.4. The lowest BCUT2D eigenvalue weighted by atomic mass is 10.3. The second kappa shape index (κ2) is 3.37. The fourth-order valence-corrected chi connectivity index (χ4v) is 1.22. The van der Waals surface area contributed by atoms with Crippen LogP contribution in [0.25, 0.3) is 0 Å². The minimum atomic E-state index is -1.57. The molecule has 0 N–H and O–H groups in total. The molecule has 0 aliphatic carbocycles. The van der Waals surface area contributed by atoms with Crippen LogP contribution in [0.15, 0.2) is 0 Å². The molecule has 0 unspecified atom stereocenters. The van der Waals surface area contributed by atoms with Gasteiger partial charge >= 0.3 is 0 Å². The van der Waals surface area contributed by atoms with Crippen LogP contribution in [0.1, 0.15) is 0 Å². The van der Waals surface area contributed by atoms with Gasteiger partial charge in [0, 0.05) is 0 Å². The summed E-state index contributed by atoms with van der Waals surface area (Å²) in [5.74, 6) is -6.08. The molecule has 0 aliphatic heterocycles. The predicted molar refractivity (Wildman–Crippen MR) is 44.0 cm³/mol. The zero-order chi connectivity index (χ0) is 9.46. The van der Waals surface area contributed by atoms with E-state index in [2.05, 4.69) is 0 Å². The van der Waals surface area contributed by atoms with Gasteiger partial charge < -0.3 is 0 Å². The average molecular weight is 310 g/mol. The number of halogens is 6. The third-order valence-corrected chi connectivity index (χ3v) is 2.44. The monoisotopic (exact) mass is 310 g/mol. The predicted octanol–water partition coefficient (Wildman–Crippen LogP) is 3.50. The molecule has 0 aliphatic rings. The Morgan fingerprint density at radius 2 is 1.17 bits per heavy atom. The van der Waals surface area contributed by atoms with E-state index in [-0.39, 0.29) is 0 Å². The van der Waals surface area contributed by atoms with Crippen molar-refractivity contribution in [1.29, 1.82) is 0 Å². The molecule has 0 radical (unpaired) electrons. The zero-order valence-electron chi connectivity index (χ0n) is 5.27. The lowest BCUT2D eigenvalue weighted by Crippen LogP contribution is -1.99. The number of rotatable bonds is 0. The summed E-state index contributed by atoms with van der Waals surface area (Å²) in [4.78, 5) is 0. The van der Waals surface area contributed by atoms with E-state index >= 15 is 0 Å². The lowest BCUT2D eigenvalue weighted by Gasteiger charge is -2.02. The first-order valence-electron chi connectivity index (χ1n) is 2.63. The molecule has 0 saturated carbocycles. The molecule has 0 aromatic heterocycles. The third-order valence-electron chi connectivity index (χ3n) is 1.16. The smallest absolute Gasteiger partial charge is 0.181 e. The highest BCUT2D eigenvalue weighted by Crippen LogP contribution is 2.28. The van der Waals surface area contributed by atoms with Crippen molar-refractivity contribution >= 4 is 34.2 Å². The number of hydrogen-bond donors (Lipinski definition) is 0. The van der Waals surface area contributed by atoms with Crippen molar-refractivity contribution in [2.24, 2.45) is 0 Å². The van der Waals surface area contributed by atoms with E-state index in [0.717, 1.165) is 22.6 Å². The third kappa shape index (κ3) is 1.39. The van der Waals surface area contributed by atoms with E-state index in [1.807, 2.05) is 0 Å². The molecule has 66 valence electrons. The van der Waals surface area contributed by atoms with Crippen molar-refractivity contribution in [3.05, 3.63) is 31.9 Å². The van der Waals surface area contributed by atoms with Crippen molar-refractivity contribution in [2.45, 2.75) is 0 Å². The largest absolute Gasteiger partial charge is 0.202 e. The van der Waals surface area contributed by atoms with Gasteiger partial charge in [-0.2, -0.15) is 0 Å². The van der Waals surface area contributed by atoms with Gasteiger partial charge in [0.15, 0.2) is 23.3 Å². The van der Waals surface area contributed by atoms with Gasteiger partial charge in [-0.3, -0.25) is 0 Å². The second-order valence-electron chi connectivity index (χ2n) is 1.88. The Kier molecular flexibility index (Phi) is 2.82. The maximum absolute atomic E-state index is 12.6. The first-order valence-corrected chi connectivity index (χ1v) is 4.09. The zero-order valence-corrected chi connectivity index (χ0v) is 8.18. The minimum Gasteiger partial charge on any atom is -0.202 e. The molecule has 0 atom stereocenters. The maximum atomic E-state index is 12.6. The molecular weight excluding hydrogens is 310 g/mol. The standard InChI is InChI=1S/C6ClF4I/c7-1-2(8)4(10)6(12)5(11)3(1)9. The number of hydrogen-bond acceptors (Lipinski definition) is 0. The highest BCUT2D eigenvalue weighted by molar-refractivity contribution is 14.1. The molecule has 6 heteroatoms. The molecule has 0 spiro atoms. The highest BCUT2D eigenvalue weighted by Gasteiger charge is 2.22. The van der Waals surface area contributed by atoms with E-state index < -0.39 is 31.9 Å². The van der Waals surface area contributed by atoms with Crippen LogP contribution in [0.3, 0.4) is 0 Å². The molecule has 0 bridgehead atoms. The van der Waals surface area contributed by atoms with Crippen LogP contribution in [-0.4, -0.2) is 0 Å². The first-order chi connectivity index (χ1) is 5.46. The van der Waals surface area contributed by atoms with Crippen LogP contribution in [0.4, 0.5) is 17.6 Å². The van der Waals surface area contributed by atoms with Crippen molar-refractivity contribution in [2.75, 3.05) is 0 Å². The average Bonchev–Trinajstić information content (AvgIpc) is 2.08. The normalized spacial score (nSPS) is 10.5. The van der Waals surface area contributed by atoms with Crippen molar-refractivity contribution in [3.63, 3.8) is 0 Å². The Morgan fingerprint density at radius 1 is 0.833 bits per heavy atom. The van der Waals surface area contributed by atoms with Gasteiger partial charge in [0.2, 0.25) is 0 Å². The summed E-state index contributed by atoms with van der Waals surface area (Å²) in [6.07, 6.45) is 0. The van der Waals surface area contributed by atoms with Crippen LogP contribution >= 0.6 is 34.2 Å². The molecular formula is C6ClF4I. The van der Waals surface area contributed by atoms with Gasteiger partial charge in [-0.1, -0.05) is 11.6 Å². The van der Waals surface area contributed by atoms with Gasteiger partial charge in [0.1, 0.15) is 5.02 Å². The molecule has 0 heterocycles. The van der Waals surface area contributed by atoms with Crippen LogP contribution in [0.5, 0.6) is 0 Å². The summed E-state index contributed by atoms with van der Waals surface area (Å²) in [5, 5.41) is -1.16. The Labute approximate surface area is 83.7 Å². The Morgan fingerprint density at radius 3 is 1.50 bits per heavy atom.